The van der Waals surface area contributed by atoms with Crippen LogP contribution in [-0.2, 0) is 9.59 Å². The van der Waals surface area contributed by atoms with Crippen molar-refractivity contribution < 1.29 is 18.8 Å². The van der Waals surface area contributed by atoms with Gasteiger partial charge in [0, 0.05) is 5.56 Å². The molecule has 2 amide bonds. The van der Waals surface area contributed by atoms with Gasteiger partial charge in [0.25, 0.3) is 0 Å². The van der Waals surface area contributed by atoms with Gasteiger partial charge in [-0.3, -0.25) is 19.4 Å². The molecule has 7 heteroatoms. The fraction of sp³-hybridized carbons (Fsp3) is 0.154. The van der Waals surface area contributed by atoms with E-state index in [2.05, 4.69) is 5.10 Å². The highest BCUT2D eigenvalue weighted by atomic mass is 19.1. The molecule has 3 aliphatic heterocycles. The van der Waals surface area contributed by atoms with Crippen LogP contribution in [0, 0.1) is 17.7 Å². The Labute approximate surface area is 188 Å². The van der Waals surface area contributed by atoms with Crippen LogP contribution < -0.4 is 4.90 Å². The van der Waals surface area contributed by atoms with Crippen LogP contribution in [0.3, 0.4) is 0 Å². The van der Waals surface area contributed by atoms with Crippen LogP contribution in [0.4, 0.5) is 10.1 Å². The van der Waals surface area contributed by atoms with Crippen molar-refractivity contribution in [2.45, 2.75) is 12.1 Å². The quantitative estimate of drug-likeness (QED) is 0.462. The number of fused-ring (bicyclic) bond motifs is 5. The molecular weight excluding hydrogens is 421 g/mol. The first-order valence-electron chi connectivity index (χ1n) is 10.7. The lowest BCUT2D eigenvalue weighted by Crippen LogP contribution is -2.44. The molecule has 2 fully saturated rings. The molecule has 0 saturated carbocycles. The van der Waals surface area contributed by atoms with E-state index < -0.39 is 41.6 Å². The van der Waals surface area contributed by atoms with Gasteiger partial charge in [-0.25, -0.2) is 9.29 Å². The van der Waals surface area contributed by atoms with Crippen LogP contribution in [0.5, 0.6) is 0 Å². The highest BCUT2D eigenvalue weighted by molar-refractivity contribution is 6.24. The number of nitrogens with zero attached hydrogens (tertiary/aromatic N) is 3. The van der Waals surface area contributed by atoms with Crippen LogP contribution in [0.2, 0.25) is 0 Å². The number of amides is 2. The number of anilines is 1. The number of hydrogen-bond donors (Lipinski definition) is 0. The van der Waals surface area contributed by atoms with Gasteiger partial charge in [0.05, 0.1) is 29.8 Å². The minimum absolute atomic E-state index is 0.171. The molecule has 0 spiro atoms. The van der Waals surface area contributed by atoms with Crippen LogP contribution in [0.25, 0.3) is 0 Å². The smallest absolute Gasteiger partial charge is 0.240 e. The standard InChI is InChI=1S/C26H18FN3O3/c27-17-10-6-11-18(13-17)29-25(32)20-21(26(29)33)23(24(31)15-7-2-1-3-8-15)30-22(20)19-12-5-4-9-16(19)14-28-30/h1-14,20-23H/t20-,21+,22-,23-/m0/s1. The second kappa shape index (κ2) is 7.20. The first-order chi connectivity index (χ1) is 16.1. The summed E-state index contributed by atoms with van der Waals surface area (Å²) in [6.07, 6.45) is 1.66. The van der Waals surface area contributed by atoms with Gasteiger partial charge in [-0.15, -0.1) is 0 Å². The maximum Gasteiger partial charge on any atom is 0.240 e. The molecule has 3 aromatic carbocycles. The molecular formula is C26H18FN3O3. The second-order valence-electron chi connectivity index (χ2n) is 8.42. The van der Waals surface area contributed by atoms with E-state index in [4.69, 9.17) is 0 Å². The van der Waals surface area contributed by atoms with Crippen molar-refractivity contribution in [1.82, 2.24) is 5.01 Å². The summed E-state index contributed by atoms with van der Waals surface area (Å²) in [5, 5.41) is 6.15. The highest BCUT2D eigenvalue weighted by Crippen LogP contribution is 2.53. The molecule has 33 heavy (non-hydrogen) atoms. The third kappa shape index (κ3) is 2.78. The van der Waals surface area contributed by atoms with E-state index in [1.807, 2.05) is 30.3 Å². The SMILES string of the molecule is O=C(c1ccccc1)[C@@H]1[C@@H]2C(=O)N(c3cccc(F)c3)C(=O)[C@@H]2[C@@H]2c3ccccc3C=NN12. The Bertz CT molecular complexity index is 1340. The zero-order valence-electron chi connectivity index (χ0n) is 17.3. The number of ketones is 1. The molecule has 0 unspecified atom stereocenters. The van der Waals surface area contributed by atoms with Crippen LogP contribution in [-0.4, -0.2) is 34.9 Å². The fourth-order valence-electron chi connectivity index (χ4n) is 5.31. The molecule has 0 bridgehead atoms. The van der Waals surface area contributed by atoms with E-state index in [0.717, 1.165) is 22.1 Å². The molecule has 0 N–H and O–H groups in total. The lowest BCUT2D eigenvalue weighted by atomic mass is 9.83. The molecule has 4 atom stereocenters. The maximum atomic E-state index is 13.9. The summed E-state index contributed by atoms with van der Waals surface area (Å²) in [4.78, 5) is 42.0. The Kier molecular flexibility index (Phi) is 4.26. The molecule has 0 radical (unpaired) electrons. The van der Waals surface area contributed by atoms with E-state index in [0.29, 0.717) is 5.56 Å². The molecule has 3 heterocycles. The number of Topliss-reactive ketones (excluding diaryl/α,β-unsaturated/α-hetero) is 1. The number of carbonyl (C=O) groups is 3. The number of hydrogen-bond acceptors (Lipinski definition) is 5. The molecule has 162 valence electrons. The molecule has 3 aromatic rings. The fourth-order valence-corrected chi connectivity index (χ4v) is 5.31. The van der Waals surface area contributed by atoms with Crippen LogP contribution in [0.1, 0.15) is 27.5 Å². The van der Waals surface area contributed by atoms with Crippen molar-refractivity contribution in [2.24, 2.45) is 16.9 Å². The maximum absolute atomic E-state index is 13.9. The Hall–Kier alpha value is -4.13. The van der Waals surface area contributed by atoms with Crippen molar-refractivity contribution in [3.05, 3.63) is 101 Å². The number of imide groups is 1. The summed E-state index contributed by atoms with van der Waals surface area (Å²) in [6, 6.07) is 20.1. The average molecular weight is 439 g/mol. The number of carbonyl (C=O) groups excluding carboxylic acids is 3. The van der Waals surface area contributed by atoms with E-state index in [-0.39, 0.29) is 11.5 Å². The summed E-state index contributed by atoms with van der Waals surface area (Å²) in [5.74, 6) is -3.50. The first kappa shape index (κ1) is 19.5. The zero-order valence-corrected chi connectivity index (χ0v) is 17.3. The number of hydrazone groups is 1. The summed E-state index contributed by atoms with van der Waals surface area (Å²) in [7, 11) is 0. The Balaban J connectivity index is 1.51. The zero-order chi connectivity index (χ0) is 22.7. The van der Waals surface area contributed by atoms with Gasteiger partial charge < -0.3 is 0 Å². The summed E-state index contributed by atoms with van der Waals surface area (Å²) in [5.41, 5.74) is 2.30. The molecule has 6 nitrogen and oxygen atoms in total. The van der Waals surface area contributed by atoms with Gasteiger partial charge in [-0.05, 0) is 29.3 Å². The third-order valence-corrected chi connectivity index (χ3v) is 6.69. The molecule has 3 aliphatic rings. The average Bonchev–Trinajstić information content (AvgIpc) is 3.32. The summed E-state index contributed by atoms with van der Waals surface area (Å²) in [6.45, 7) is 0. The predicted octanol–water partition coefficient (Wildman–Crippen LogP) is 3.59. The van der Waals surface area contributed by atoms with Crippen molar-refractivity contribution in [1.29, 1.82) is 0 Å². The van der Waals surface area contributed by atoms with Gasteiger partial charge in [0.15, 0.2) is 5.78 Å². The molecule has 0 aliphatic carbocycles. The normalized spacial score (nSPS) is 25.1. The van der Waals surface area contributed by atoms with Crippen LogP contribution >= 0.6 is 0 Å². The van der Waals surface area contributed by atoms with Crippen molar-refractivity contribution in [3.63, 3.8) is 0 Å². The van der Waals surface area contributed by atoms with Crippen molar-refractivity contribution >= 4 is 29.5 Å². The lowest BCUT2D eigenvalue weighted by Gasteiger charge is -2.33. The minimum Gasteiger partial charge on any atom is -0.292 e. The number of rotatable bonds is 3. The molecule has 6 rings (SSSR count). The van der Waals surface area contributed by atoms with Gasteiger partial charge in [-0.2, -0.15) is 5.10 Å². The topological polar surface area (TPSA) is 70.0 Å². The Morgan fingerprint density at radius 3 is 2.36 bits per heavy atom. The van der Waals surface area contributed by atoms with E-state index in [1.165, 1.54) is 18.2 Å². The molecule has 2 saturated heterocycles. The van der Waals surface area contributed by atoms with E-state index >= 15 is 0 Å². The first-order valence-corrected chi connectivity index (χ1v) is 10.7. The highest BCUT2D eigenvalue weighted by Gasteiger charge is 2.65. The van der Waals surface area contributed by atoms with Crippen LogP contribution in [0.15, 0.2) is 84.0 Å². The van der Waals surface area contributed by atoms with Crippen molar-refractivity contribution in [2.75, 3.05) is 4.90 Å². The number of halogens is 1. The minimum atomic E-state index is -0.943. The Morgan fingerprint density at radius 1 is 0.848 bits per heavy atom. The lowest BCUT2D eigenvalue weighted by molar-refractivity contribution is -0.124. The van der Waals surface area contributed by atoms with Gasteiger partial charge >= 0.3 is 0 Å². The molecule has 0 aromatic heterocycles. The predicted molar refractivity (Wildman–Crippen MR) is 119 cm³/mol. The summed E-state index contributed by atoms with van der Waals surface area (Å²) >= 11 is 0. The van der Waals surface area contributed by atoms with E-state index in [1.54, 1.807) is 35.5 Å². The van der Waals surface area contributed by atoms with Crippen molar-refractivity contribution in [3.8, 4) is 0 Å². The second-order valence-corrected chi connectivity index (χ2v) is 8.42. The largest absolute Gasteiger partial charge is 0.292 e. The third-order valence-electron chi connectivity index (χ3n) is 6.69. The van der Waals surface area contributed by atoms with Gasteiger partial charge in [-0.1, -0.05) is 60.7 Å². The van der Waals surface area contributed by atoms with E-state index in [9.17, 15) is 18.8 Å². The van der Waals surface area contributed by atoms with Gasteiger partial charge in [0.2, 0.25) is 11.8 Å². The Morgan fingerprint density at radius 2 is 1.58 bits per heavy atom. The summed E-state index contributed by atoms with van der Waals surface area (Å²) < 4.78 is 13.9. The van der Waals surface area contributed by atoms with Gasteiger partial charge in [0.1, 0.15) is 11.9 Å². The monoisotopic (exact) mass is 439 g/mol. The number of benzene rings is 3.